The third-order valence-corrected chi connectivity index (χ3v) is 4.44. The molecule has 0 unspecified atom stereocenters. The van der Waals surface area contributed by atoms with Gasteiger partial charge in [0.2, 0.25) is 0 Å². The molecule has 0 aliphatic heterocycles. The van der Waals surface area contributed by atoms with Crippen LogP contribution in [-0.4, -0.2) is 23.0 Å². The maximum absolute atomic E-state index is 4.65. The zero-order chi connectivity index (χ0) is 12.7. The highest BCUT2D eigenvalue weighted by Crippen LogP contribution is 2.25. The van der Waals surface area contributed by atoms with E-state index in [0.717, 1.165) is 30.3 Å². The first-order valence-corrected chi connectivity index (χ1v) is 7.91. The molecule has 1 aromatic rings. The summed E-state index contributed by atoms with van der Waals surface area (Å²) in [7, 11) is 0. The monoisotopic (exact) mass is 270 g/mol. The lowest BCUT2D eigenvalue weighted by molar-refractivity contribution is 0.580. The Bertz CT molecular complexity index is 339. The second-order valence-corrected chi connectivity index (χ2v) is 6.94. The Balaban J connectivity index is 2.24. The Kier molecular flexibility index (Phi) is 6.23. The van der Waals surface area contributed by atoms with Crippen molar-refractivity contribution in [2.24, 2.45) is 0 Å². The second kappa shape index (κ2) is 7.19. The van der Waals surface area contributed by atoms with Crippen LogP contribution in [0.4, 0.5) is 0 Å². The minimum Gasteiger partial charge on any atom is -0.310 e. The highest BCUT2D eigenvalue weighted by atomic mass is 32.2. The number of thiazole rings is 1. The molecule has 2 nitrogen and oxygen atoms in total. The van der Waals surface area contributed by atoms with E-state index in [0.29, 0.717) is 0 Å². The van der Waals surface area contributed by atoms with E-state index in [1.807, 2.05) is 17.8 Å². The maximum Gasteiger partial charge on any atom is 0.0982 e. The number of thioether (sulfide) groups is 1. The summed E-state index contributed by atoms with van der Waals surface area (Å²) < 4.78 is 0. The highest BCUT2D eigenvalue weighted by Gasteiger charge is 2.17. The molecule has 0 atom stereocenters. The van der Waals surface area contributed by atoms with Crippen molar-refractivity contribution in [1.29, 1.82) is 0 Å². The van der Waals surface area contributed by atoms with E-state index in [2.05, 4.69) is 43.0 Å². The van der Waals surface area contributed by atoms with Gasteiger partial charge < -0.3 is 5.32 Å². The van der Waals surface area contributed by atoms with Crippen molar-refractivity contribution >= 4 is 23.1 Å². The average Bonchev–Trinajstić information content (AvgIpc) is 2.71. The first-order valence-electron chi connectivity index (χ1n) is 5.88. The van der Waals surface area contributed by atoms with E-state index in [-0.39, 0.29) is 5.41 Å². The van der Waals surface area contributed by atoms with Crippen molar-refractivity contribution in [2.45, 2.75) is 32.7 Å². The Morgan fingerprint density at radius 1 is 1.53 bits per heavy atom. The van der Waals surface area contributed by atoms with Gasteiger partial charge in [-0.15, -0.1) is 17.9 Å². The van der Waals surface area contributed by atoms with Crippen LogP contribution >= 0.6 is 23.1 Å². The van der Waals surface area contributed by atoms with Gasteiger partial charge in [0.1, 0.15) is 0 Å². The molecule has 17 heavy (non-hydrogen) atoms. The molecule has 1 rings (SSSR count). The number of hydrogen-bond acceptors (Lipinski definition) is 4. The van der Waals surface area contributed by atoms with Gasteiger partial charge in [-0.3, -0.25) is 0 Å². The minimum absolute atomic E-state index is 0.169. The first kappa shape index (κ1) is 14.7. The van der Waals surface area contributed by atoms with Crippen LogP contribution in [0.25, 0.3) is 0 Å². The van der Waals surface area contributed by atoms with Crippen LogP contribution in [0.1, 0.15) is 31.5 Å². The summed E-state index contributed by atoms with van der Waals surface area (Å²) in [6, 6.07) is 0. The third kappa shape index (κ3) is 5.70. The summed E-state index contributed by atoms with van der Waals surface area (Å²) >= 11 is 3.66. The van der Waals surface area contributed by atoms with Gasteiger partial charge >= 0.3 is 0 Å². The Hall–Kier alpha value is -0.320. The van der Waals surface area contributed by atoms with Gasteiger partial charge in [0.15, 0.2) is 0 Å². The van der Waals surface area contributed by atoms with Crippen molar-refractivity contribution < 1.29 is 0 Å². The van der Waals surface area contributed by atoms with Gasteiger partial charge in [-0.25, -0.2) is 4.98 Å². The van der Waals surface area contributed by atoms with E-state index < -0.39 is 0 Å². The van der Waals surface area contributed by atoms with Gasteiger partial charge in [-0.05, 0) is 0 Å². The average molecular weight is 270 g/mol. The molecule has 4 heteroatoms. The normalized spacial score (nSPS) is 11.7. The lowest BCUT2D eigenvalue weighted by Crippen LogP contribution is -2.17. The molecule has 0 saturated carbocycles. The zero-order valence-corrected chi connectivity index (χ0v) is 12.6. The SMILES string of the molecule is C=CCSCCNCc1csc(C(C)(C)C)n1. The maximum atomic E-state index is 4.65. The number of aromatic nitrogens is 1. The number of nitrogens with zero attached hydrogens (tertiary/aromatic N) is 1. The van der Waals surface area contributed by atoms with Crippen molar-refractivity contribution in [1.82, 2.24) is 10.3 Å². The fourth-order valence-electron chi connectivity index (χ4n) is 1.26. The summed E-state index contributed by atoms with van der Waals surface area (Å²) in [5, 5.41) is 6.79. The standard InChI is InChI=1S/C13H22N2S2/c1-5-7-16-8-6-14-9-11-10-17-12(15-11)13(2,3)4/h5,10,14H,1,6-9H2,2-4H3. The number of nitrogens with one attached hydrogen (secondary N) is 1. The van der Waals surface area contributed by atoms with E-state index in [1.165, 1.54) is 5.01 Å². The van der Waals surface area contributed by atoms with Gasteiger partial charge in [-0.2, -0.15) is 11.8 Å². The molecule has 0 bridgehead atoms. The van der Waals surface area contributed by atoms with Crippen LogP contribution in [0.3, 0.4) is 0 Å². The van der Waals surface area contributed by atoms with Gasteiger partial charge in [-0.1, -0.05) is 26.8 Å². The molecule has 0 aliphatic rings. The number of hydrogen-bond donors (Lipinski definition) is 1. The fourth-order valence-corrected chi connectivity index (χ4v) is 2.79. The Labute approximate surface area is 113 Å². The van der Waals surface area contributed by atoms with E-state index in [9.17, 15) is 0 Å². The molecular weight excluding hydrogens is 248 g/mol. The fraction of sp³-hybridized carbons (Fsp3) is 0.615. The largest absolute Gasteiger partial charge is 0.310 e. The predicted octanol–water partition coefficient (Wildman–Crippen LogP) is 3.45. The van der Waals surface area contributed by atoms with E-state index in [4.69, 9.17) is 0 Å². The van der Waals surface area contributed by atoms with Crippen LogP contribution in [0, 0.1) is 0 Å². The molecule has 96 valence electrons. The highest BCUT2D eigenvalue weighted by molar-refractivity contribution is 7.99. The smallest absolute Gasteiger partial charge is 0.0982 e. The van der Waals surface area contributed by atoms with Gasteiger partial charge in [0, 0.05) is 35.4 Å². The van der Waals surface area contributed by atoms with Crippen LogP contribution in [-0.2, 0) is 12.0 Å². The van der Waals surface area contributed by atoms with E-state index >= 15 is 0 Å². The van der Waals surface area contributed by atoms with Gasteiger partial charge in [0.05, 0.1) is 10.7 Å². The third-order valence-electron chi connectivity index (χ3n) is 2.16. The van der Waals surface area contributed by atoms with E-state index in [1.54, 1.807) is 11.3 Å². The molecule has 0 saturated heterocycles. The molecule has 0 spiro atoms. The molecule has 0 radical (unpaired) electrons. The topological polar surface area (TPSA) is 24.9 Å². The Morgan fingerprint density at radius 2 is 2.29 bits per heavy atom. The van der Waals surface area contributed by atoms with Crippen LogP contribution in [0.5, 0.6) is 0 Å². The molecule has 1 aromatic heterocycles. The van der Waals surface area contributed by atoms with Gasteiger partial charge in [0.25, 0.3) is 0 Å². The molecule has 0 aliphatic carbocycles. The molecule has 1 heterocycles. The summed E-state index contributed by atoms with van der Waals surface area (Å²) in [6.07, 6.45) is 1.95. The van der Waals surface area contributed by atoms with Crippen molar-refractivity contribution in [3.63, 3.8) is 0 Å². The second-order valence-electron chi connectivity index (χ2n) is 4.93. The minimum atomic E-state index is 0.169. The first-order chi connectivity index (χ1) is 8.04. The lowest BCUT2D eigenvalue weighted by atomic mass is 9.98. The van der Waals surface area contributed by atoms with Crippen LogP contribution in [0.15, 0.2) is 18.0 Å². The molecule has 0 aromatic carbocycles. The predicted molar refractivity (Wildman–Crippen MR) is 80.0 cm³/mol. The zero-order valence-electron chi connectivity index (χ0n) is 11.0. The van der Waals surface area contributed by atoms with Crippen molar-refractivity contribution in [3.8, 4) is 0 Å². The van der Waals surface area contributed by atoms with Crippen LogP contribution in [0.2, 0.25) is 0 Å². The van der Waals surface area contributed by atoms with Crippen molar-refractivity contribution in [2.75, 3.05) is 18.1 Å². The number of rotatable bonds is 7. The molecular formula is C13H22N2S2. The lowest BCUT2D eigenvalue weighted by Gasteiger charge is -2.13. The summed E-state index contributed by atoms with van der Waals surface area (Å²) in [5.74, 6) is 2.16. The van der Waals surface area contributed by atoms with Crippen molar-refractivity contribution in [3.05, 3.63) is 28.7 Å². The van der Waals surface area contributed by atoms with Crippen LogP contribution < -0.4 is 5.32 Å². The Morgan fingerprint density at radius 3 is 2.88 bits per heavy atom. The molecule has 1 N–H and O–H groups in total. The molecule has 0 amide bonds. The quantitative estimate of drug-likeness (QED) is 0.607. The summed E-state index contributed by atoms with van der Waals surface area (Å²) in [6.45, 7) is 12.2. The summed E-state index contributed by atoms with van der Waals surface area (Å²) in [4.78, 5) is 4.65. The molecule has 0 fully saturated rings. The summed E-state index contributed by atoms with van der Waals surface area (Å²) in [5.41, 5.74) is 1.33.